The summed E-state index contributed by atoms with van der Waals surface area (Å²) in [5.74, 6) is 1.11. The second-order valence-corrected chi connectivity index (χ2v) is 5.25. The molecule has 2 aromatic rings. The van der Waals surface area contributed by atoms with Crippen molar-refractivity contribution in [3.05, 3.63) is 63.6 Å². The molecule has 0 aliphatic carbocycles. The third-order valence-electron chi connectivity index (χ3n) is 3.03. The molecule has 1 heterocycles. The summed E-state index contributed by atoms with van der Waals surface area (Å²) >= 11 is 11.8. The van der Waals surface area contributed by atoms with Gasteiger partial charge in [0.15, 0.2) is 17.3 Å². The molecule has 1 aliphatic heterocycles. The zero-order valence-corrected chi connectivity index (χ0v) is 12.3. The topological polar surface area (TPSA) is 35.5 Å². The Bertz CT molecular complexity index is 738. The summed E-state index contributed by atoms with van der Waals surface area (Å²) in [5, 5.41) is 0.935. The van der Waals surface area contributed by atoms with Crippen molar-refractivity contribution in [2.75, 3.05) is 6.79 Å². The van der Waals surface area contributed by atoms with E-state index in [1.807, 2.05) is 0 Å². The Morgan fingerprint density at radius 2 is 1.81 bits per heavy atom. The molecule has 0 aromatic heterocycles. The molecule has 0 amide bonds. The van der Waals surface area contributed by atoms with Gasteiger partial charge in [0.25, 0.3) is 0 Å². The van der Waals surface area contributed by atoms with E-state index in [0.29, 0.717) is 27.1 Å². The first-order chi connectivity index (χ1) is 10.1. The van der Waals surface area contributed by atoms with Gasteiger partial charge in [-0.15, -0.1) is 0 Å². The molecule has 106 valence electrons. The minimum Gasteiger partial charge on any atom is -0.454 e. The quantitative estimate of drug-likeness (QED) is 0.611. The lowest BCUT2D eigenvalue weighted by atomic mass is 10.1. The molecule has 0 radical (unpaired) electrons. The summed E-state index contributed by atoms with van der Waals surface area (Å²) in [6, 6.07) is 10.3. The fraction of sp³-hybridized carbons (Fsp3) is 0.0625. The van der Waals surface area contributed by atoms with Crippen molar-refractivity contribution in [1.29, 1.82) is 0 Å². The van der Waals surface area contributed by atoms with Crippen molar-refractivity contribution in [3.63, 3.8) is 0 Å². The smallest absolute Gasteiger partial charge is 0.231 e. The molecule has 0 atom stereocenters. The minimum absolute atomic E-state index is 0.126. The van der Waals surface area contributed by atoms with Gasteiger partial charge in [-0.05, 0) is 42.0 Å². The van der Waals surface area contributed by atoms with E-state index in [0.717, 1.165) is 5.56 Å². The van der Waals surface area contributed by atoms with Gasteiger partial charge in [0.1, 0.15) is 0 Å². The summed E-state index contributed by atoms with van der Waals surface area (Å²) in [5.41, 5.74) is 1.34. The van der Waals surface area contributed by atoms with E-state index in [9.17, 15) is 4.79 Å². The van der Waals surface area contributed by atoms with Crippen LogP contribution in [0.3, 0.4) is 0 Å². The summed E-state index contributed by atoms with van der Waals surface area (Å²) in [6.07, 6.45) is 3.17. The molecule has 21 heavy (non-hydrogen) atoms. The van der Waals surface area contributed by atoms with Gasteiger partial charge in [0.05, 0.1) is 10.0 Å². The van der Waals surface area contributed by atoms with Gasteiger partial charge < -0.3 is 9.47 Å². The summed E-state index contributed by atoms with van der Waals surface area (Å²) in [4.78, 5) is 12.1. The Hall–Kier alpha value is -1.97. The van der Waals surface area contributed by atoms with Crippen LogP contribution in [0.5, 0.6) is 11.5 Å². The number of allylic oxidation sites excluding steroid dienone is 1. The standard InChI is InChI=1S/C16H10Cl2O3/c17-12-4-1-10(7-13(12)18)2-5-14(19)11-3-6-15-16(8-11)21-9-20-15/h1-8H,9H2. The predicted octanol–water partition coefficient (Wildman–Crippen LogP) is 4.62. The van der Waals surface area contributed by atoms with Gasteiger partial charge in [-0.1, -0.05) is 35.3 Å². The number of hydrogen-bond donors (Lipinski definition) is 0. The molecule has 0 N–H and O–H groups in total. The maximum Gasteiger partial charge on any atom is 0.231 e. The van der Waals surface area contributed by atoms with E-state index in [2.05, 4.69) is 0 Å². The van der Waals surface area contributed by atoms with Crippen LogP contribution >= 0.6 is 23.2 Å². The van der Waals surface area contributed by atoms with Crippen molar-refractivity contribution in [2.45, 2.75) is 0 Å². The van der Waals surface area contributed by atoms with E-state index in [1.54, 1.807) is 42.5 Å². The van der Waals surface area contributed by atoms with Gasteiger partial charge >= 0.3 is 0 Å². The predicted molar refractivity (Wildman–Crippen MR) is 82.4 cm³/mol. The number of ether oxygens (including phenoxy) is 2. The van der Waals surface area contributed by atoms with Crippen LogP contribution in [0.25, 0.3) is 6.08 Å². The molecular formula is C16H10Cl2O3. The highest BCUT2D eigenvalue weighted by Gasteiger charge is 2.15. The largest absolute Gasteiger partial charge is 0.454 e. The first-order valence-corrected chi connectivity index (χ1v) is 6.96. The Labute approximate surface area is 131 Å². The van der Waals surface area contributed by atoms with E-state index in [4.69, 9.17) is 32.7 Å². The molecule has 0 unspecified atom stereocenters. The van der Waals surface area contributed by atoms with Crippen LogP contribution in [0.15, 0.2) is 42.5 Å². The SMILES string of the molecule is O=C(C=Cc1ccc(Cl)c(Cl)c1)c1ccc2c(c1)OCO2. The normalized spacial score (nSPS) is 12.9. The lowest BCUT2D eigenvalue weighted by molar-refractivity contribution is 0.104. The van der Waals surface area contributed by atoms with Crippen molar-refractivity contribution in [3.8, 4) is 11.5 Å². The number of carbonyl (C=O) groups excluding carboxylic acids is 1. The Morgan fingerprint density at radius 3 is 2.62 bits per heavy atom. The Balaban J connectivity index is 1.79. The van der Waals surface area contributed by atoms with Crippen LogP contribution in [-0.2, 0) is 0 Å². The van der Waals surface area contributed by atoms with Gasteiger partial charge in [0.2, 0.25) is 6.79 Å². The highest BCUT2D eigenvalue weighted by Crippen LogP contribution is 2.32. The third-order valence-corrected chi connectivity index (χ3v) is 3.77. The number of halogens is 2. The number of hydrogen-bond acceptors (Lipinski definition) is 3. The maximum atomic E-state index is 12.1. The van der Waals surface area contributed by atoms with Crippen LogP contribution < -0.4 is 9.47 Å². The lowest BCUT2D eigenvalue weighted by Crippen LogP contribution is -1.94. The average Bonchev–Trinajstić information content (AvgIpc) is 2.95. The number of fused-ring (bicyclic) bond motifs is 1. The minimum atomic E-state index is -0.126. The molecule has 0 saturated heterocycles. The summed E-state index contributed by atoms with van der Waals surface area (Å²) in [7, 11) is 0. The number of benzene rings is 2. The highest BCUT2D eigenvalue weighted by molar-refractivity contribution is 6.42. The molecule has 0 fully saturated rings. The maximum absolute atomic E-state index is 12.1. The molecule has 2 aromatic carbocycles. The molecule has 3 rings (SSSR count). The van der Waals surface area contributed by atoms with Crippen LogP contribution in [0.1, 0.15) is 15.9 Å². The molecule has 3 nitrogen and oxygen atoms in total. The third kappa shape index (κ3) is 3.04. The van der Waals surface area contributed by atoms with E-state index in [-0.39, 0.29) is 12.6 Å². The van der Waals surface area contributed by atoms with Gasteiger partial charge in [0, 0.05) is 5.56 Å². The van der Waals surface area contributed by atoms with E-state index >= 15 is 0 Å². The van der Waals surface area contributed by atoms with Crippen LogP contribution in [0.4, 0.5) is 0 Å². The Morgan fingerprint density at radius 1 is 1.00 bits per heavy atom. The Kier molecular flexibility index (Phi) is 3.86. The summed E-state index contributed by atoms with van der Waals surface area (Å²) in [6.45, 7) is 0.187. The van der Waals surface area contributed by atoms with Crippen molar-refractivity contribution < 1.29 is 14.3 Å². The van der Waals surface area contributed by atoms with E-state index < -0.39 is 0 Å². The lowest BCUT2D eigenvalue weighted by Gasteiger charge is -2.00. The van der Waals surface area contributed by atoms with Crippen molar-refractivity contribution in [2.24, 2.45) is 0 Å². The second kappa shape index (κ2) is 5.80. The number of ketones is 1. The second-order valence-electron chi connectivity index (χ2n) is 4.44. The van der Waals surface area contributed by atoms with Crippen molar-refractivity contribution in [1.82, 2.24) is 0 Å². The van der Waals surface area contributed by atoms with Crippen molar-refractivity contribution >= 4 is 35.1 Å². The zero-order chi connectivity index (χ0) is 14.8. The van der Waals surface area contributed by atoms with Gasteiger partial charge in [-0.3, -0.25) is 4.79 Å². The highest BCUT2D eigenvalue weighted by atomic mass is 35.5. The molecular weight excluding hydrogens is 311 g/mol. The molecule has 0 spiro atoms. The molecule has 5 heteroatoms. The molecule has 0 saturated carbocycles. The van der Waals surface area contributed by atoms with Gasteiger partial charge in [-0.2, -0.15) is 0 Å². The molecule has 1 aliphatic rings. The zero-order valence-electron chi connectivity index (χ0n) is 10.8. The number of carbonyl (C=O) groups is 1. The molecule has 0 bridgehead atoms. The first kappa shape index (κ1) is 14.0. The monoisotopic (exact) mass is 320 g/mol. The van der Waals surface area contributed by atoms with Crippen LogP contribution in [0.2, 0.25) is 10.0 Å². The average molecular weight is 321 g/mol. The van der Waals surface area contributed by atoms with Gasteiger partial charge in [-0.25, -0.2) is 0 Å². The fourth-order valence-corrected chi connectivity index (χ4v) is 2.24. The number of rotatable bonds is 3. The summed E-state index contributed by atoms with van der Waals surface area (Å²) < 4.78 is 10.5. The van der Waals surface area contributed by atoms with Crippen LogP contribution in [0, 0.1) is 0 Å². The fourth-order valence-electron chi connectivity index (χ4n) is 1.93. The van der Waals surface area contributed by atoms with Crippen LogP contribution in [-0.4, -0.2) is 12.6 Å². The first-order valence-electron chi connectivity index (χ1n) is 6.20. The van der Waals surface area contributed by atoms with E-state index in [1.165, 1.54) is 6.08 Å².